The highest BCUT2D eigenvalue weighted by molar-refractivity contribution is 5.95. The first-order valence-electron chi connectivity index (χ1n) is 6.28. The lowest BCUT2D eigenvalue weighted by Crippen LogP contribution is -2.53. The molecule has 1 aliphatic heterocycles. The smallest absolute Gasteiger partial charge is 0.336 e. The standard InChI is InChI=1S/C13H16FN3O3/c1-9-8-17(6-7-20-9)13(19)16-15-12(18)10-2-4-11(14)5-3-10/h2-5,9H,6-8H2,1H3,(H,15,18)(H,16,19). The van der Waals surface area contributed by atoms with Crippen LogP contribution in [0.4, 0.5) is 9.18 Å². The summed E-state index contributed by atoms with van der Waals surface area (Å²) in [6.07, 6.45) is -0.0256. The zero-order valence-electron chi connectivity index (χ0n) is 11.1. The van der Waals surface area contributed by atoms with E-state index in [1.54, 1.807) is 4.90 Å². The summed E-state index contributed by atoms with van der Waals surface area (Å²) >= 11 is 0. The molecule has 3 amide bonds. The molecular weight excluding hydrogens is 265 g/mol. The third kappa shape index (κ3) is 3.67. The summed E-state index contributed by atoms with van der Waals surface area (Å²) in [6.45, 7) is 3.29. The molecule has 0 saturated carbocycles. The number of nitrogens with zero attached hydrogens (tertiary/aromatic N) is 1. The van der Waals surface area contributed by atoms with Gasteiger partial charge >= 0.3 is 6.03 Å². The van der Waals surface area contributed by atoms with Crippen molar-refractivity contribution in [2.24, 2.45) is 0 Å². The number of carbonyl (C=O) groups excluding carboxylic acids is 2. The number of urea groups is 1. The van der Waals surface area contributed by atoms with E-state index in [9.17, 15) is 14.0 Å². The van der Waals surface area contributed by atoms with Crippen molar-refractivity contribution in [1.29, 1.82) is 0 Å². The normalized spacial score (nSPS) is 18.5. The highest BCUT2D eigenvalue weighted by Gasteiger charge is 2.21. The summed E-state index contributed by atoms with van der Waals surface area (Å²) in [6, 6.07) is 4.65. The van der Waals surface area contributed by atoms with Gasteiger partial charge in [-0.25, -0.2) is 14.6 Å². The van der Waals surface area contributed by atoms with Crippen molar-refractivity contribution in [1.82, 2.24) is 15.8 Å². The van der Waals surface area contributed by atoms with Gasteiger partial charge in [0.25, 0.3) is 5.91 Å². The van der Waals surface area contributed by atoms with Gasteiger partial charge < -0.3 is 9.64 Å². The second-order valence-corrected chi connectivity index (χ2v) is 4.52. The van der Waals surface area contributed by atoms with E-state index < -0.39 is 17.8 Å². The van der Waals surface area contributed by atoms with E-state index in [0.29, 0.717) is 19.7 Å². The maximum atomic E-state index is 12.7. The van der Waals surface area contributed by atoms with E-state index >= 15 is 0 Å². The lowest BCUT2D eigenvalue weighted by atomic mass is 10.2. The zero-order valence-corrected chi connectivity index (χ0v) is 11.1. The van der Waals surface area contributed by atoms with E-state index in [-0.39, 0.29) is 11.7 Å². The van der Waals surface area contributed by atoms with Crippen LogP contribution in [0.2, 0.25) is 0 Å². The Morgan fingerprint density at radius 2 is 2.00 bits per heavy atom. The van der Waals surface area contributed by atoms with Crippen LogP contribution >= 0.6 is 0 Å². The van der Waals surface area contributed by atoms with Gasteiger partial charge in [0.15, 0.2) is 0 Å². The van der Waals surface area contributed by atoms with Crippen LogP contribution in [0.25, 0.3) is 0 Å². The molecule has 1 aromatic rings. The van der Waals surface area contributed by atoms with Gasteiger partial charge in [0, 0.05) is 18.7 Å². The quantitative estimate of drug-likeness (QED) is 0.751. The van der Waals surface area contributed by atoms with Crippen molar-refractivity contribution in [3.63, 3.8) is 0 Å². The molecule has 1 atom stereocenters. The average molecular weight is 281 g/mol. The summed E-state index contributed by atoms with van der Waals surface area (Å²) in [5, 5.41) is 0. The number of halogens is 1. The molecular formula is C13H16FN3O3. The fraction of sp³-hybridized carbons (Fsp3) is 0.385. The second kappa shape index (κ2) is 6.33. The van der Waals surface area contributed by atoms with Crippen molar-refractivity contribution in [2.45, 2.75) is 13.0 Å². The number of amides is 3. The number of hydrogen-bond donors (Lipinski definition) is 2. The molecule has 7 heteroatoms. The van der Waals surface area contributed by atoms with E-state index in [0.717, 1.165) is 0 Å². The van der Waals surface area contributed by atoms with Crippen LogP contribution in [0, 0.1) is 5.82 Å². The van der Waals surface area contributed by atoms with Crippen LogP contribution in [0.5, 0.6) is 0 Å². The van der Waals surface area contributed by atoms with Crippen LogP contribution in [0.15, 0.2) is 24.3 Å². The lowest BCUT2D eigenvalue weighted by Gasteiger charge is -2.31. The number of nitrogens with one attached hydrogen (secondary N) is 2. The summed E-state index contributed by atoms with van der Waals surface area (Å²) in [4.78, 5) is 25.1. The Bertz CT molecular complexity index is 492. The number of carbonyl (C=O) groups is 2. The SMILES string of the molecule is CC1CN(C(=O)NNC(=O)c2ccc(F)cc2)CCO1. The summed E-state index contributed by atoms with van der Waals surface area (Å²) in [7, 11) is 0. The third-order valence-corrected chi connectivity index (χ3v) is 2.92. The van der Waals surface area contributed by atoms with Gasteiger partial charge in [-0.3, -0.25) is 10.2 Å². The average Bonchev–Trinajstić information content (AvgIpc) is 2.45. The Hall–Kier alpha value is -2.15. The maximum absolute atomic E-state index is 12.7. The minimum Gasteiger partial charge on any atom is -0.375 e. The Morgan fingerprint density at radius 1 is 1.30 bits per heavy atom. The molecule has 6 nitrogen and oxygen atoms in total. The van der Waals surface area contributed by atoms with E-state index in [1.807, 2.05) is 6.92 Å². The predicted octanol–water partition coefficient (Wildman–Crippen LogP) is 0.901. The van der Waals surface area contributed by atoms with Gasteiger partial charge in [-0.2, -0.15) is 0 Å². The second-order valence-electron chi connectivity index (χ2n) is 4.52. The molecule has 1 heterocycles. The molecule has 0 radical (unpaired) electrons. The monoisotopic (exact) mass is 281 g/mol. The molecule has 0 aromatic heterocycles. The third-order valence-electron chi connectivity index (χ3n) is 2.92. The number of morpholine rings is 1. The first-order valence-corrected chi connectivity index (χ1v) is 6.28. The van der Waals surface area contributed by atoms with Crippen molar-refractivity contribution in [2.75, 3.05) is 19.7 Å². The summed E-state index contributed by atoms with van der Waals surface area (Å²) < 4.78 is 18.0. The molecule has 2 rings (SSSR count). The van der Waals surface area contributed by atoms with Gasteiger partial charge in [-0.15, -0.1) is 0 Å². The highest BCUT2D eigenvalue weighted by Crippen LogP contribution is 2.04. The number of rotatable bonds is 1. The van der Waals surface area contributed by atoms with Crippen LogP contribution in [-0.4, -0.2) is 42.6 Å². The molecule has 20 heavy (non-hydrogen) atoms. The summed E-state index contributed by atoms with van der Waals surface area (Å²) in [5.74, 6) is -0.924. The fourth-order valence-corrected chi connectivity index (χ4v) is 1.87. The van der Waals surface area contributed by atoms with Crippen LogP contribution in [0.3, 0.4) is 0 Å². The first-order chi connectivity index (χ1) is 9.56. The fourth-order valence-electron chi connectivity index (χ4n) is 1.87. The molecule has 1 fully saturated rings. The van der Waals surface area contributed by atoms with Crippen molar-refractivity contribution in [3.8, 4) is 0 Å². The van der Waals surface area contributed by atoms with E-state index in [4.69, 9.17) is 4.74 Å². The highest BCUT2D eigenvalue weighted by atomic mass is 19.1. The van der Waals surface area contributed by atoms with Gasteiger partial charge in [0.1, 0.15) is 5.82 Å². The minimum atomic E-state index is -0.500. The molecule has 1 unspecified atom stereocenters. The van der Waals surface area contributed by atoms with Crippen LogP contribution in [0.1, 0.15) is 17.3 Å². The topological polar surface area (TPSA) is 70.7 Å². The van der Waals surface area contributed by atoms with Gasteiger partial charge in [0.2, 0.25) is 0 Å². The molecule has 1 saturated heterocycles. The lowest BCUT2D eigenvalue weighted by molar-refractivity contribution is -0.00390. The van der Waals surface area contributed by atoms with Crippen molar-refractivity contribution >= 4 is 11.9 Å². The Labute approximate surface area is 115 Å². The molecule has 1 aliphatic rings. The maximum Gasteiger partial charge on any atom is 0.336 e. The first kappa shape index (κ1) is 14.3. The largest absolute Gasteiger partial charge is 0.375 e. The molecule has 1 aromatic carbocycles. The number of benzene rings is 1. The number of hydrazine groups is 1. The molecule has 0 spiro atoms. The van der Waals surface area contributed by atoms with E-state index in [2.05, 4.69) is 10.9 Å². The van der Waals surface area contributed by atoms with Crippen LogP contribution in [-0.2, 0) is 4.74 Å². The Morgan fingerprint density at radius 3 is 2.65 bits per heavy atom. The zero-order chi connectivity index (χ0) is 14.5. The molecule has 0 aliphatic carbocycles. The number of ether oxygens (including phenoxy) is 1. The Kier molecular flexibility index (Phi) is 4.52. The minimum absolute atomic E-state index is 0.0256. The number of hydrogen-bond acceptors (Lipinski definition) is 3. The van der Waals surface area contributed by atoms with Crippen molar-refractivity contribution in [3.05, 3.63) is 35.6 Å². The molecule has 108 valence electrons. The van der Waals surface area contributed by atoms with Gasteiger partial charge in [0.05, 0.1) is 12.7 Å². The van der Waals surface area contributed by atoms with E-state index in [1.165, 1.54) is 24.3 Å². The van der Waals surface area contributed by atoms with Crippen molar-refractivity contribution < 1.29 is 18.7 Å². The molecule has 0 bridgehead atoms. The Balaban J connectivity index is 1.83. The van der Waals surface area contributed by atoms with Gasteiger partial charge in [-0.05, 0) is 31.2 Å². The predicted molar refractivity (Wildman–Crippen MR) is 69.4 cm³/mol. The van der Waals surface area contributed by atoms with Gasteiger partial charge in [-0.1, -0.05) is 0 Å². The summed E-state index contributed by atoms with van der Waals surface area (Å²) in [5.41, 5.74) is 4.88. The van der Waals surface area contributed by atoms with Crippen LogP contribution < -0.4 is 10.9 Å². The molecule has 2 N–H and O–H groups in total.